The fourth-order valence-corrected chi connectivity index (χ4v) is 2.08. The molecule has 1 saturated heterocycles. The average Bonchev–Trinajstić information content (AvgIpc) is 2.30. The summed E-state index contributed by atoms with van der Waals surface area (Å²) in [5.74, 6) is 1.07. The Morgan fingerprint density at radius 3 is 2.53 bits per heavy atom. The molecule has 0 saturated carbocycles. The minimum Gasteiger partial charge on any atom is -0.373 e. The van der Waals surface area contributed by atoms with Gasteiger partial charge in [-0.1, -0.05) is 0 Å². The summed E-state index contributed by atoms with van der Waals surface area (Å²) in [5, 5.41) is 3.36. The van der Waals surface area contributed by atoms with Crippen molar-refractivity contribution in [1.29, 1.82) is 0 Å². The highest BCUT2D eigenvalue weighted by molar-refractivity contribution is 7.81. The van der Waals surface area contributed by atoms with Crippen molar-refractivity contribution in [3.05, 3.63) is 18.3 Å². The van der Waals surface area contributed by atoms with Gasteiger partial charge in [-0.3, -0.25) is 0 Å². The van der Waals surface area contributed by atoms with E-state index in [1.54, 1.807) is 0 Å². The van der Waals surface area contributed by atoms with Crippen molar-refractivity contribution in [1.82, 2.24) is 9.88 Å². The van der Waals surface area contributed by atoms with Crippen molar-refractivity contribution >= 4 is 24.1 Å². The van der Waals surface area contributed by atoms with E-state index in [2.05, 4.69) is 51.9 Å². The fourth-order valence-electron chi connectivity index (χ4n) is 1.94. The first-order valence-electron chi connectivity index (χ1n) is 5.99. The van der Waals surface area contributed by atoms with Gasteiger partial charge in [0, 0.05) is 26.2 Å². The first-order valence-corrected chi connectivity index (χ1v) is 6.51. The molecule has 0 radical (unpaired) electrons. The Labute approximate surface area is 108 Å². The number of pyridine rings is 1. The molecule has 0 aromatic carbocycles. The molecular formula is C12H20N4S. The van der Waals surface area contributed by atoms with Gasteiger partial charge >= 0.3 is 0 Å². The Kier molecular flexibility index (Phi) is 4.12. The molecule has 17 heavy (non-hydrogen) atoms. The van der Waals surface area contributed by atoms with Crippen LogP contribution < -0.4 is 10.2 Å². The molecule has 0 aliphatic carbocycles. The molecule has 5 heteroatoms. The van der Waals surface area contributed by atoms with E-state index in [9.17, 15) is 0 Å². The van der Waals surface area contributed by atoms with Crippen molar-refractivity contribution in [3.63, 3.8) is 0 Å². The number of nitrogens with zero attached hydrogens (tertiary/aromatic N) is 3. The van der Waals surface area contributed by atoms with Crippen LogP contribution in [-0.2, 0) is 0 Å². The summed E-state index contributed by atoms with van der Waals surface area (Å²) in [6, 6.07) is 4.14. The lowest BCUT2D eigenvalue weighted by Gasteiger charge is -2.33. The van der Waals surface area contributed by atoms with Crippen LogP contribution in [0.15, 0.2) is 18.3 Å². The Bertz CT molecular complexity index is 344. The summed E-state index contributed by atoms with van der Waals surface area (Å²) in [6.45, 7) is 6.32. The summed E-state index contributed by atoms with van der Waals surface area (Å²) < 4.78 is 0. The highest BCUT2D eigenvalue weighted by atomic mass is 32.1. The number of piperazine rings is 1. The largest absolute Gasteiger partial charge is 0.373 e. The molecule has 1 aliphatic rings. The zero-order valence-corrected chi connectivity index (χ0v) is 11.3. The second-order valence-electron chi connectivity index (χ2n) is 4.52. The van der Waals surface area contributed by atoms with Gasteiger partial charge in [-0.25, -0.2) is 4.98 Å². The molecule has 94 valence electrons. The lowest BCUT2D eigenvalue weighted by molar-refractivity contribution is 0.312. The molecule has 1 aliphatic heterocycles. The molecule has 0 amide bonds. The van der Waals surface area contributed by atoms with Gasteiger partial charge in [0.2, 0.25) is 0 Å². The summed E-state index contributed by atoms with van der Waals surface area (Å²) >= 11 is 4.29. The van der Waals surface area contributed by atoms with Gasteiger partial charge in [-0.2, -0.15) is 12.6 Å². The smallest absolute Gasteiger partial charge is 0.128 e. The van der Waals surface area contributed by atoms with E-state index in [-0.39, 0.29) is 5.37 Å². The monoisotopic (exact) mass is 252 g/mol. The number of nitrogens with one attached hydrogen (secondary N) is 1. The third-order valence-corrected chi connectivity index (χ3v) is 3.08. The summed E-state index contributed by atoms with van der Waals surface area (Å²) in [5.41, 5.74) is 1.02. The van der Waals surface area contributed by atoms with Gasteiger partial charge in [0.25, 0.3) is 0 Å². The van der Waals surface area contributed by atoms with Crippen LogP contribution in [0, 0.1) is 0 Å². The minimum absolute atomic E-state index is 0.145. The van der Waals surface area contributed by atoms with Gasteiger partial charge in [0.15, 0.2) is 0 Å². The maximum absolute atomic E-state index is 4.49. The molecule has 0 bridgehead atoms. The number of rotatable bonds is 3. The Balaban J connectivity index is 1.97. The van der Waals surface area contributed by atoms with Gasteiger partial charge in [-0.15, -0.1) is 0 Å². The molecule has 1 N–H and O–H groups in total. The predicted molar refractivity (Wildman–Crippen MR) is 76.0 cm³/mol. The van der Waals surface area contributed by atoms with E-state index in [0.29, 0.717) is 0 Å². The van der Waals surface area contributed by atoms with Gasteiger partial charge < -0.3 is 15.1 Å². The van der Waals surface area contributed by atoms with Crippen LogP contribution in [-0.4, -0.2) is 48.5 Å². The number of thiol groups is 1. The SMILES string of the molecule is CC(S)Nc1ccc(N2CCN(C)CC2)nc1. The summed E-state index contributed by atoms with van der Waals surface area (Å²) in [7, 11) is 2.16. The van der Waals surface area contributed by atoms with Crippen molar-refractivity contribution in [3.8, 4) is 0 Å². The second kappa shape index (κ2) is 5.60. The van der Waals surface area contributed by atoms with E-state index >= 15 is 0 Å². The van der Waals surface area contributed by atoms with Crippen LogP contribution in [0.2, 0.25) is 0 Å². The number of aromatic nitrogens is 1. The predicted octanol–water partition coefficient (Wildman–Crippen LogP) is 1.52. The molecule has 0 spiro atoms. The minimum atomic E-state index is 0.145. The third-order valence-electron chi connectivity index (χ3n) is 2.95. The van der Waals surface area contributed by atoms with Crippen molar-refractivity contribution in [2.75, 3.05) is 43.4 Å². The first kappa shape index (κ1) is 12.5. The van der Waals surface area contributed by atoms with Crippen LogP contribution in [0.1, 0.15) is 6.92 Å². The molecule has 2 heterocycles. The summed E-state index contributed by atoms with van der Waals surface area (Å²) in [6.07, 6.45) is 1.88. The van der Waals surface area contributed by atoms with Gasteiger partial charge in [-0.05, 0) is 26.1 Å². The number of anilines is 2. The van der Waals surface area contributed by atoms with Gasteiger partial charge in [0.05, 0.1) is 17.3 Å². The lowest BCUT2D eigenvalue weighted by atomic mass is 10.3. The first-order chi connectivity index (χ1) is 8.15. The standard InChI is InChI=1S/C12H20N4S/c1-10(17)14-11-3-4-12(13-9-11)16-7-5-15(2)6-8-16/h3-4,9-10,14,17H,5-8H2,1-2H3. The Hall–Kier alpha value is -0.940. The molecule has 1 atom stereocenters. The zero-order valence-electron chi connectivity index (χ0n) is 10.4. The molecule has 4 nitrogen and oxygen atoms in total. The lowest BCUT2D eigenvalue weighted by Crippen LogP contribution is -2.44. The van der Waals surface area contributed by atoms with E-state index in [1.807, 2.05) is 13.1 Å². The van der Waals surface area contributed by atoms with Crippen LogP contribution in [0.4, 0.5) is 11.5 Å². The third kappa shape index (κ3) is 3.51. The number of hydrogen-bond acceptors (Lipinski definition) is 5. The molecular weight excluding hydrogens is 232 g/mol. The van der Waals surface area contributed by atoms with Crippen molar-refractivity contribution < 1.29 is 0 Å². The van der Waals surface area contributed by atoms with E-state index in [4.69, 9.17) is 0 Å². The quantitative estimate of drug-likeness (QED) is 0.631. The van der Waals surface area contributed by atoms with Gasteiger partial charge in [0.1, 0.15) is 5.82 Å². The number of hydrogen-bond donors (Lipinski definition) is 2. The highest BCUT2D eigenvalue weighted by Crippen LogP contribution is 2.16. The van der Waals surface area contributed by atoms with Crippen LogP contribution in [0.5, 0.6) is 0 Å². The van der Waals surface area contributed by atoms with E-state index in [0.717, 1.165) is 37.7 Å². The van der Waals surface area contributed by atoms with Crippen molar-refractivity contribution in [2.45, 2.75) is 12.3 Å². The zero-order chi connectivity index (χ0) is 12.3. The number of likely N-dealkylation sites (N-methyl/N-ethyl adjacent to an activating group) is 1. The molecule has 1 fully saturated rings. The average molecular weight is 252 g/mol. The normalized spacial score (nSPS) is 19.1. The van der Waals surface area contributed by atoms with E-state index in [1.165, 1.54) is 0 Å². The molecule has 1 aromatic rings. The maximum Gasteiger partial charge on any atom is 0.128 e. The summed E-state index contributed by atoms with van der Waals surface area (Å²) in [4.78, 5) is 9.16. The van der Waals surface area contributed by atoms with Crippen molar-refractivity contribution in [2.24, 2.45) is 0 Å². The van der Waals surface area contributed by atoms with E-state index < -0.39 is 0 Å². The molecule has 1 unspecified atom stereocenters. The van der Waals surface area contributed by atoms with Crippen LogP contribution >= 0.6 is 12.6 Å². The molecule has 2 rings (SSSR count). The topological polar surface area (TPSA) is 31.4 Å². The second-order valence-corrected chi connectivity index (χ2v) is 5.29. The maximum atomic E-state index is 4.49. The molecule has 1 aromatic heterocycles. The van der Waals surface area contributed by atoms with Crippen LogP contribution in [0.3, 0.4) is 0 Å². The highest BCUT2D eigenvalue weighted by Gasteiger charge is 2.14. The van der Waals surface area contributed by atoms with Crippen LogP contribution in [0.25, 0.3) is 0 Å². The fraction of sp³-hybridized carbons (Fsp3) is 0.583. The Morgan fingerprint density at radius 1 is 1.29 bits per heavy atom. The Morgan fingerprint density at radius 2 is 2.00 bits per heavy atom.